The molecule has 210 valence electrons. The van der Waals surface area contributed by atoms with Gasteiger partial charge in [-0.3, -0.25) is 4.79 Å². The van der Waals surface area contributed by atoms with Crippen molar-refractivity contribution in [3.8, 4) is 5.75 Å². The van der Waals surface area contributed by atoms with E-state index in [2.05, 4.69) is 27.3 Å². The number of rotatable bonds is 11. The van der Waals surface area contributed by atoms with Gasteiger partial charge in [-0.05, 0) is 48.4 Å². The van der Waals surface area contributed by atoms with E-state index in [1.54, 1.807) is 0 Å². The lowest BCUT2D eigenvalue weighted by Crippen LogP contribution is -2.49. The molecule has 0 unspecified atom stereocenters. The molecule has 2 N–H and O–H groups in total. The summed E-state index contributed by atoms with van der Waals surface area (Å²) in [5.74, 6) is 0.881. The van der Waals surface area contributed by atoms with E-state index in [1.165, 1.54) is 0 Å². The van der Waals surface area contributed by atoms with Gasteiger partial charge in [0, 0.05) is 41.6 Å². The number of nitrogens with one attached hydrogen (secondary N) is 1. The van der Waals surface area contributed by atoms with Gasteiger partial charge in [0.05, 0.1) is 6.61 Å². The Morgan fingerprint density at radius 3 is 2.44 bits per heavy atom. The summed E-state index contributed by atoms with van der Waals surface area (Å²) in [6, 6.07) is 33.3. The first-order valence-corrected chi connectivity index (χ1v) is 14.5. The van der Waals surface area contributed by atoms with Crippen LogP contribution >= 0.6 is 15.9 Å². The zero-order valence-corrected chi connectivity index (χ0v) is 24.5. The summed E-state index contributed by atoms with van der Waals surface area (Å²) in [6.45, 7) is 2.92. The lowest BCUT2D eigenvalue weighted by Gasteiger charge is -2.31. The van der Waals surface area contributed by atoms with Gasteiger partial charge < -0.3 is 19.9 Å². The van der Waals surface area contributed by atoms with Crippen molar-refractivity contribution in [2.45, 2.75) is 38.0 Å². The molecule has 0 radical (unpaired) electrons. The van der Waals surface area contributed by atoms with Crippen LogP contribution in [0.2, 0.25) is 0 Å². The number of carbonyl (C=O) groups excluding carboxylic acids is 1. The fraction of sp³-hybridized carbons (Fsp3) is 0.235. The molecule has 1 heterocycles. The Hall–Kier alpha value is -3.94. The molecule has 0 spiro atoms. The van der Waals surface area contributed by atoms with Gasteiger partial charge in [0.2, 0.25) is 5.90 Å². The van der Waals surface area contributed by atoms with Crippen LogP contribution in [0.5, 0.6) is 5.75 Å². The molecule has 0 fully saturated rings. The molecule has 1 aliphatic heterocycles. The number of aliphatic hydroxyl groups excluding tert-OH is 1. The first kappa shape index (κ1) is 28.6. The Morgan fingerprint density at radius 2 is 1.71 bits per heavy atom. The van der Waals surface area contributed by atoms with Crippen LogP contribution in [-0.4, -0.2) is 35.7 Å². The molecule has 41 heavy (non-hydrogen) atoms. The molecule has 4 aromatic carbocycles. The Morgan fingerprint density at radius 1 is 0.976 bits per heavy atom. The van der Waals surface area contributed by atoms with Gasteiger partial charge in [0.15, 0.2) is 11.6 Å². The zero-order valence-electron chi connectivity index (χ0n) is 22.9. The number of benzene rings is 4. The zero-order chi connectivity index (χ0) is 28.7. The van der Waals surface area contributed by atoms with Gasteiger partial charge >= 0.3 is 0 Å². The summed E-state index contributed by atoms with van der Waals surface area (Å²) in [4.78, 5) is 19.5. The van der Waals surface area contributed by atoms with Crippen LogP contribution in [0, 0.1) is 6.92 Å². The third kappa shape index (κ3) is 6.69. The van der Waals surface area contributed by atoms with Gasteiger partial charge in [-0.15, -0.1) is 0 Å². The van der Waals surface area contributed by atoms with Crippen molar-refractivity contribution in [3.05, 3.63) is 135 Å². The van der Waals surface area contributed by atoms with Gasteiger partial charge in [0.1, 0.15) is 5.75 Å². The average Bonchev–Trinajstić information content (AvgIpc) is 3.37. The SMILES string of the molecule is Cc1cccc(CNC(=O)[C@]2(Cc3ccccc3)N=C(c3ccc(OCCCO)cc3)O[C@@H]2c2ccccc2Br)c1. The first-order valence-electron chi connectivity index (χ1n) is 13.7. The van der Waals surface area contributed by atoms with Crippen LogP contribution < -0.4 is 10.1 Å². The van der Waals surface area contributed by atoms with Crippen molar-refractivity contribution < 1.29 is 19.4 Å². The van der Waals surface area contributed by atoms with Gasteiger partial charge in [-0.2, -0.15) is 0 Å². The number of ether oxygens (including phenoxy) is 2. The largest absolute Gasteiger partial charge is 0.494 e. The van der Waals surface area contributed by atoms with Crippen LogP contribution in [0.3, 0.4) is 0 Å². The van der Waals surface area contributed by atoms with Crippen molar-refractivity contribution in [1.29, 1.82) is 0 Å². The van der Waals surface area contributed by atoms with E-state index in [-0.39, 0.29) is 12.5 Å². The van der Waals surface area contributed by atoms with E-state index < -0.39 is 11.6 Å². The number of nitrogens with zero attached hydrogens (tertiary/aromatic N) is 1. The summed E-state index contributed by atoms with van der Waals surface area (Å²) in [5, 5.41) is 12.2. The minimum absolute atomic E-state index is 0.0780. The highest BCUT2D eigenvalue weighted by molar-refractivity contribution is 9.10. The van der Waals surface area contributed by atoms with Crippen molar-refractivity contribution in [2.75, 3.05) is 13.2 Å². The molecule has 0 saturated heterocycles. The topological polar surface area (TPSA) is 80.2 Å². The molecule has 6 nitrogen and oxygen atoms in total. The fourth-order valence-corrected chi connectivity index (χ4v) is 5.50. The second kappa shape index (κ2) is 13.1. The molecule has 1 amide bonds. The number of halogens is 1. The van der Waals surface area contributed by atoms with Crippen LogP contribution in [0.1, 0.15) is 40.3 Å². The second-order valence-corrected chi connectivity index (χ2v) is 11.0. The van der Waals surface area contributed by atoms with Crippen LogP contribution in [-0.2, 0) is 22.5 Å². The van der Waals surface area contributed by atoms with Gasteiger partial charge in [-0.25, -0.2) is 4.99 Å². The predicted octanol–water partition coefficient (Wildman–Crippen LogP) is 6.33. The molecule has 0 saturated carbocycles. The number of aliphatic imine (C=N–C) groups is 1. The number of carbonyl (C=O) groups is 1. The first-order chi connectivity index (χ1) is 20.0. The van der Waals surface area contributed by atoms with Gasteiger partial charge in [-0.1, -0.05) is 94.3 Å². The summed E-state index contributed by atoms with van der Waals surface area (Å²) in [5.41, 5.74) is 3.47. The normalized spacial score (nSPS) is 17.9. The lowest BCUT2D eigenvalue weighted by atomic mass is 9.82. The third-order valence-corrected chi connectivity index (χ3v) is 7.79. The molecular weight excluding hydrogens is 580 g/mol. The average molecular weight is 614 g/mol. The van der Waals surface area contributed by atoms with Gasteiger partial charge in [0.25, 0.3) is 5.91 Å². The Kier molecular flexibility index (Phi) is 9.17. The lowest BCUT2D eigenvalue weighted by molar-refractivity contribution is -0.129. The Bertz CT molecular complexity index is 1510. The summed E-state index contributed by atoms with van der Waals surface area (Å²) in [6.07, 6.45) is 0.238. The van der Waals surface area contributed by atoms with E-state index in [0.29, 0.717) is 37.6 Å². The Balaban J connectivity index is 1.55. The highest BCUT2D eigenvalue weighted by Crippen LogP contribution is 2.44. The molecule has 4 aromatic rings. The standard InChI is InChI=1S/C34H33BrN2O4/c1-24-9-7-12-26(21-24)23-36-33(39)34(22-25-10-3-2-4-11-25)31(29-13-5-6-14-30(29)35)41-32(37-34)27-15-17-28(18-16-27)40-20-8-19-38/h2-7,9-18,21,31,38H,8,19-20,22-23H2,1H3,(H,36,39)/t31-,34-/m1/s1. The van der Waals surface area contributed by atoms with Crippen LogP contribution in [0.4, 0.5) is 0 Å². The summed E-state index contributed by atoms with van der Waals surface area (Å²) in [7, 11) is 0. The summed E-state index contributed by atoms with van der Waals surface area (Å²) >= 11 is 3.69. The second-order valence-electron chi connectivity index (χ2n) is 10.1. The third-order valence-electron chi connectivity index (χ3n) is 7.07. The fourth-order valence-electron chi connectivity index (χ4n) is 5.01. The van der Waals surface area contributed by atoms with E-state index in [0.717, 1.165) is 32.3 Å². The maximum Gasteiger partial charge on any atom is 0.252 e. The van der Waals surface area contributed by atoms with E-state index >= 15 is 0 Å². The highest BCUT2D eigenvalue weighted by Gasteiger charge is 2.53. The molecular formula is C34H33BrN2O4. The van der Waals surface area contributed by atoms with E-state index in [9.17, 15) is 4.79 Å². The smallest absolute Gasteiger partial charge is 0.252 e. The van der Waals surface area contributed by atoms with Crippen molar-refractivity contribution in [2.24, 2.45) is 4.99 Å². The molecule has 0 aliphatic carbocycles. The highest BCUT2D eigenvalue weighted by atomic mass is 79.9. The monoisotopic (exact) mass is 612 g/mol. The molecule has 2 atom stereocenters. The number of amides is 1. The van der Waals surface area contributed by atoms with Crippen molar-refractivity contribution in [3.63, 3.8) is 0 Å². The number of aryl methyl sites for hydroxylation is 1. The minimum Gasteiger partial charge on any atom is -0.494 e. The molecule has 0 aromatic heterocycles. The quantitative estimate of drug-likeness (QED) is 0.194. The van der Waals surface area contributed by atoms with Crippen molar-refractivity contribution >= 4 is 27.7 Å². The molecule has 0 bridgehead atoms. The van der Waals surface area contributed by atoms with E-state index in [1.807, 2.05) is 104 Å². The number of hydrogen-bond donors (Lipinski definition) is 2. The van der Waals surface area contributed by atoms with E-state index in [4.69, 9.17) is 19.6 Å². The van der Waals surface area contributed by atoms with Crippen LogP contribution in [0.15, 0.2) is 113 Å². The minimum atomic E-state index is -1.26. The number of aliphatic hydroxyl groups is 1. The van der Waals surface area contributed by atoms with Crippen LogP contribution in [0.25, 0.3) is 0 Å². The molecule has 5 rings (SSSR count). The summed E-state index contributed by atoms with van der Waals surface area (Å²) < 4.78 is 13.2. The van der Waals surface area contributed by atoms with Crippen molar-refractivity contribution in [1.82, 2.24) is 5.32 Å². The predicted molar refractivity (Wildman–Crippen MR) is 164 cm³/mol. The molecule has 7 heteroatoms. The maximum absolute atomic E-state index is 14.3. The molecule has 1 aliphatic rings. The maximum atomic E-state index is 14.3. The number of hydrogen-bond acceptors (Lipinski definition) is 5. The Labute approximate surface area is 249 Å².